The molecule has 0 spiro atoms. The average Bonchev–Trinajstić information content (AvgIpc) is 3.06. The van der Waals surface area contributed by atoms with Crippen molar-refractivity contribution in [2.24, 2.45) is 0 Å². The molecule has 0 radical (unpaired) electrons. The van der Waals surface area contributed by atoms with Gasteiger partial charge in [0.2, 0.25) is 0 Å². The third kappa shape index (κ3) is 3.71. The molecule has 0 unspecified atom stereocenters. The maximum atomic E-state index is 12.5. The zero-order valence-corrected chi connectivity index (χ0v) is 14.6. The number of rotatable bonds is 5. The Hall–Kier alpha value is -3.08. The van der Waals surface area contributed by atoms with Crippen molar-refractivity contribution in [3.8, 4) is 17.0 Å². The molecule has 1 aromatic heterocycles. The molecule has 5 nitrogen and oxygen atoms in total. The van der Waals surface area contributed by atoms with Crippen LogP contribution in [-0.4, -0.2) is 22.8 Å². The molecule has 128 valence electrons. The van der Waals surface area contributed by atoms with E-state index < -0.39 is 0 Å². The maximum absolute atomic E-state index is 12.5. The highest BCUT2D eigenvalue weighted by Crippen LogP contribution is 2.24. The number of nitrogens with one attached hydrogen (secondary N) is 1. The molecule has 3 rings (SSSR count). The molecule has 0 saturated carbocycles. The van der Waals surface area contributed by atoms with E-state index in [0.29, 0.717) is 12.2 Å². The van der Waals surface area contributed by atoms with Gasteiger partial charge >= 0.3 is 0 Å². The van der Waals surface area contributed by atoms with E-state index in [1.807, 2.05) is 73.1 Å². The molecule has 0 aliphatic heterocycles. The zero-order valence-electron chi connectivity index (χ0n) is 14.6. The van der Waals surface area contributed by atoms with E-state index in [1.165, 1.54) is 0 Å². The second-order valence-corrected chi connectivity index (χ2v) is 5.78. The van der Waals surface area contributed by atoms with Crippen molar-refractivity contribution in [1.29, 1.82) is 0 Å². The predicted molar refractivity (Wildman–Crippen MR) is 99.0 cm³/mol. The van der Waals surface area contributed by atoms with Gasteiger partial charge in [-0.25, -0.2) is 0 Å². The first kappa shape index (κ1) is 16.8. The highest BCUT2D eigenvalue weighted by Gasteiger charge is 2.15. The van der Waals surface area contributed by atoms with Gasteiger partial charge in [0.25, 0.3) is 5.91 Å². The first-order chi connectivity index (χ1) is 12.1. The van der Waals surface area contributed by atoms with E-state index in [1.54, 1.807) is 7.11 Å². The van der Waals surface area contributed by atoms with E-state index in [-0.39, 0.29) is 5.91 Å². The molecule has 0 fully saturated rings. The molecule has 1 amide bonds. The monoisotopic (exact) mass is 335 g/mol. The summed E-state index contributed by atoms with van der Waals surface area (Å²) in [4.78, 5) is 12.5. The van der Waals surface area contributed by atoms with Gasteiger partial charge in [0.15, 0.2) is 5.69 Å². The molecular weight excluding hydrogens is 314 g/mol. The quantitative estimate of drug-likeness (QED) is 0.762. The van der Waals surface area contributed by atoms with Gasteiger partial charge in [-0.05, 0) is 61.9 Å². The minimum Gasteiger partial charge on any atom is -0.497 e. The Morgan fingerprint density at radius 3 is 2.56 bits per heavy atom. The number of carbonyl (C=O) groups is 1. The third-order valence-electron chi connectivity index (χ3n) is 3.97. The van der Waals surface area contributed by atoms with Gasteiger partial charge in [0, 0.05) is 17.8 Å². The van der Waals surface area contributed by atoms with E-state index in [9.17, 15) is 4.79 Å². The summed E-state index contributed by atoms with van der Waals surface area (Å²) < 4.78 is 7.02. The SMILES string of the molecule is CCn1nc(C(=O)Nc2cccc(C)c2)cc1-c1ccc(OC)cc1. The molecule has 1 N–H and O–H groups in total. The maximum Gasteiger partial charge on any atom is 0.276 e. The minimum atomic E-state index is -0.215. The Morgan fingerprint density at radius 2 is 1.92 bits per heavy atom. The van der Waals surface area contributed by atoms with Crippen LogP contribution in [-0.2, 0) is 6.54 Å². The molecule has 2 aromatic carbocycles. The Morgan fingerprint density at radius 1 is 1.16 bits per heavy atom. The summed E-state index contributed by atoms with van der Waals surface area (Å²) in [6.45, 7) is 4.67. The molecule has 25 heavy (non-hydrogen) atoms. The van der Waals surface area contributed by atoms with Crippen LogP contribution in [0.4, 0.5) is 5.69 Å². The minimum absolute atomic E-state index is 0.215. The van der Waals surface area contributed by atoms with Crippen molar-refractivity contribution in [3.63, 3.8) is 0 Å². The van der Waals surface area contributed by atoms with Crippen molar-refractivity contribution in [3.05, 3.63) is 65.9 Å². The van der Waals surface area contributed by atoms with Crippen molar-refractivity contribution in [1.82, 2.24) is 9.78 Å². The lowest BCUT2D eigenvalue weighted by Gasteiger charge is -2.05. The smallest absolute Gasteiger partial charge is 0.276 e. The summed E-state index contributed by atoms with van der Waals surface area (Å²) in [7, 11) is 1.64. The molecule has 0 saturated heterocycles. The molecular formula is C20H21N3O2. The summed E-state index contributed by atoms with van der Waals surface area (Å²) in [5.41, 5.74) is 4.15. The molecule has 3 aromatic rings. The van der Waals surface area contributed by atoms with Gasteiger partial charge in [-0.3, -0.25) is 9.48 Å². The molecule has 1 heterocycles. The topological polar surface area (TPSA) is 56.2 Å². The Kier molecular flexibility index (Phi) is 4.84. The van der Waals surface area contributed by atoms with Crippen LogP contribution in [0.3, 0.4) is 0 Å². The fourth-order valence-corrected chi connectivity index (χ4v) is 2.68. The zero-order chi connectivity index (χ0) is 17.8. The lowest BCUT2D eigenvalue weighted by Crippen LogP contribution is -2.13. The summed E-state index contributed by atoms with van der Waals surface area (Å²) in [5, 5.41) is 7.34. The predicted octanol–water partition coefficient (Wildman–Crippen LogP) is 4.14. The van der Waals surface area contributed by atoms with Crippen LogP contribution in [0.1, 0.15) is 23.0 Å². The van der Waals surface area contributed by atoms with Gasteiger partial charge in [-0.1, -0.05) is 12.1 Å². The van der Waals surface area contributed by atoms with Crippen LogP contribution >= 0.6 is 0 Å². The number of nitrogens with zero attached hydrogens (tertiary/aromatic N) is 2. The molecule has 0 atom stereocenters. The van der Waals surface area contributed by atoms with Gasteiger partial charge < -0.3 is 10.1 Å². The number of hydrogen-bond donors (Lipinski definition) is 1. The van der Waals surface area contributed by atoms with Crippen LogP contribution in [0.25, 0.3) is 11.3 Å². The van der Waals surface area contributed by atoms with Gasteiger partial charge in [-0.2, -0.15) is 5.10 Å². The molecule has 0 bridgehead atoms. The third-order valence-corrected chi connectivity index (χ3v) is 3.97. The largest absolute Gasteiger partial charge is 0.497 e. The van der Waals surface area contributed by atoms with Gasteiger partial charge in [-0.15, -0.1) is 0 Å². The van der Waals surface area contributed by atoms with E-state index in [0.717, 1.165) is 28.3 Å². The number of ether oxygens (including phenoxy) is 1. The van der Waals surface area contributed by atoms with Crippen molar-refractivity contribution in [2.75, 3.05) is 12.4 Å². The van der Waals surface area contributed by atoms with Crippen LogP contribution in [0.5, 0.6) is 5.75 Å². The Bertz CT molecular complexity index is 882. The number of hydrogen-bond acceptors (Lipinski definition) is 3. The molecule has 0 aliphatic rings. The van der Waals surface area contributed by atoms with Crippen molar-refractivity contribution in [2.45, 2.75) is 20.4 Å². The first-order valence-electron chi connectivity index (χ1n) is 8.21. The number of aromatic nitrogens is 2. The van der Waals surface area contributed by atoms with Crippen molar-refractivity contribution < 1.29 is 9.53 Å². The van der Waals surface area contributed by atoms with Gasteiger partial charge in [0.05, 0.1) is 12.8 Å². The number of benzene rings is 2. The highest BCUT2D eigenvalue weighted by molar-refractivity contribution is 6.03. The normalized spacial score (nSPS) is 10.5. The summed E-state index contributed by atoms with van der Waals surface area (Å²) in [6.07, 6.45) is 0. The average molecular weight is 335 g/mol. The highest BCUT2D eigenvalue weighted by atomic mass is 16.5. The number of carbonyl (C=O) groups excluding carboxylic acids is 1. The standard InChI is InChI=1S/C20H21N3O2/c1-4-23-19(15-8-10-17(25-3)11-9-15)13-18(22-23)20(24)21-16-7-5-6-14(2)12-16/h5-13H,4H2,1-3H3,(H,21,24). The summed E-state index contributed by atoms with van der Waals surface area (Å²) >= 11 is 0. The molecule has 0 aliphatic carbocycles. The summed E-state index contributed by atoms with van der Waals surface area (Å²) in [6, 6.07) is 17.2. The fourth-order valence-electron chi connectivity index (χ4n) is 2.68. The van der Waals surface area contributed by atoms with Crippen LogP contribution in [0, 0.1) is 6.92 Å². The Balaban J connectivity index is 1.87. The van der Waals surface area contributed by atoms with E-state index in [2.05, 4.69) is 10.4 Å². The number of anilines is 1. The number of methoxy groups -OCH3 is 1. The van der Waals surface area contributed by atoms with E-state index in [4.69, 9.17) is 4.74 Å². The lowest BCUT2D eigenvalue weighted by atomic mass is 10.1. The van der Waals surface area contributed by atoms with Crippen LogP contribution in [0.2, 0.25) is 0 Å². The number of amides is 1. The second-order valence-electron chi connectivity index (χ2n) is 5.78. The molecule has 5 heteroatoms. The first-order valence-corrected chi connectivity index (χ1v) is 8.21. The lowest BCUT2D eigenvalue weighted by molar-refractivity contribution is 0.102. The fraction of sp³-hybridized carbons (Fsp3) is 0.200. The van der Waals surface area contributed by atoms with Crippen LogP contribution < -0.4 is 10.1 Å². The van der Waals surface area contributed by atoms with Crippen molar-refractivity contribution >= 4 is 11.6 Å². The van der Waals surface area contributed by atoms with E-state index >= 15 is 0 Å². The van der Waals surface area contributed by atoms with Crippen LogP contribution in [0.15, 0.2) is 54.6 Å². The second kappa shape index (κ2) is 7.21. The Labute approximate surface area is 147 Å². The summed E-state index contributed by atoms with van der Waals surface area (Å²) in [5.74, 6) is 0.580. The van der Waals surface area contributed by atoms with Gasteiger partial charge in [0.1, 0.15) is 5.75 Å². The number of aryl methyl sites for hydroxylation is 2.